The SMILES string of the molecule is CS(=O)(=O)OC(C(=O)NCCn1ccc2ncnc(Nc3ccc(Oc4cccc5sccc45)c(Cl)c3)c21)S(C)(=O)=O. The van der Waals surface area contributed by atoms with Gasteiger partial charge in [0.2, 0.25) is 0 Å². The Hall–Kier alpha value is -3.76. The van der Waals surface area contributed by atoms with Gasteiger partial charge < -0.3 is 19.9 Å². The Morgan fingerprint density at radius 1 is 1.07 bits per heavy atom. The molecule has 220 valence electrons. The summed E-state index contributed by atoms with van der Waals surface area (Å²) in [7, 11) is -8.36. The number of halogens is 1. The van der Waals surface area contributed by atoms with E-state index in [1.54, 1.807) is 46.4 Å². The Balaban J connectivity index is 1.31. The van der Waals surface area contributed by atoms with E-state index in [-0.39, 0.29) is 13.1 Å². The van der Waals surface area contributed by atoms with Crippen molar-refractivity contribution in [3.05, 3.63) is 71.5 Å². The average Bonchev–Trinajstić information content (AvgIpc) is 3.56. The number of nitrogens with one attached hydrogen (secondary N) is 2. The van der Waals surface area contributed by atoms with Gasteiger partial charge in [-0.15, -0.1) is 11.3 Å². The highest BCUT2D eigenvalue weighted by atomic mass is 35.5. The van der Waals surface area contributed by atoms with E-state index < -0.39 is 31.3 Å². The Morgan fingerprint density at radius 2 is 1.88 bits per heavy atom. The van der Waals surface area contributed by atoms with Crippen LogP contribution in [0.4, 0.5) is 11.5 Å². The summed E-state index contributed by atoms with van der Waals surface area (Å²) in [6, 6.07) is 14.8. The van der Waals surface area contributed by atoms with Crippen LogP contribution in [0.25, 0.3) is 21.1 Å². The summed E-state index contributed by atoms with van der Waals surface area (Å²) in [4.78, 5) is 21.1. The van der Waals surface area contributed by atoms with Crippen LogP contribution in [0.3, 0.4) is 0 Å². The number of hydrogen-bond donors (Lipinski definition) is 2. The third-order valence-corrected chi connectivity index (χ3v) is 8.87. The van der Waals surface area contributed by atoms with E-state index in [2.05, 4.69) is 24.8 Å². The fraction of sp³-hybridized carbons (Fsp3) is 0.192. The molecule has 0 radical (unpaired) electrons. The lowest BCUT2D eigenvalue weighted by Gasteiger charge is -2.15. The van der Waals surface area contributed by atoms with E-state index in [9.17, 15) is 21.6 Å². The van der Waals surface area contributed by atoms with Crippen LogP contribution in [0.1, 0.15) is 0 Å². The number of hydrogen-bond acceptors (Lipinski definition) is 11. The predicted molar refractivity (Wildman–Crippen MR) is 162 cm³/mol. The Kier molecular flexibility index (Phi) is 8.39. The highest BCUT2D eigenvalue weighted by Crippen LogP contribution is 2.37. The van der Waals surface area contributed by atoms with E-state index in [0.29, 0.717) is 51.6 Å². The van der Waals surface area contributed by atoms with E-state index >= 15 is 0 Å². The molecule has 0 fully saturated rings. The zero-order valence-corrected chi connectivity index (χ0v) is 25.3. The van der Waals surface area contributed by atoms with E-state index in [1.807, 2.05) is 29.6 Å². The van der Waals surface area contributed by atoms with Crippen LogP contribution >= 0.6 is 22.9 Å². The van der Waals surface area contributed by atoms with Gasteiger partial charge in [0.25, 0.3) is 21.5 Å². The minimum Gasteiger partial charge on any atom is -0.455 e. The van der Waals surface area contributed by atoms with Crippen molar-refractivity contribution in [2.45, 2.75) is 12.0 Å². The number of carbonyl (C=O) groups is 1. The molecule has 3 heterocycles. The second kappa shape index (κ2) is 11.9. The molecule has 2 N–H and O–H groups in total. The van der Waals surface area contributed by atoms with Gasteiger partial charge in [-0.05, 0) is 47.8 Å². The first-order valence-corrected chi connectivity index (χ1v) is 17.3. The first-order valence-electron chi connectivity index (χ1n) is 12.2. The largest absolute Gasteiger partial charge is 0.455 e. The molecule has 5 aromatic rings. The monoisotopic (exact) mass is 649 g/mol. The second-order valence-corrected chi connectivity index (χ2v) is 14.2. The second-order valence-electron chi connectivity index (χ2n) is 9.18. The Labute approximate surface area is 250 Å². The maximum Gasteiger partial charge on any atom is 0.266 e. The van der Waals surface area contributed by atoms with Crippen molar-refractivity contribution in [3.63, 3.8) is 0 Å². The summed E-state index contributed by atoms with van der Waals surface area (Å²) in [5.74, 6) is 0.546. The molecule has 1 unspecified atom stereocenters. The Bertz CT molecular complexity index is 2010. The lowest BCUT2D eigenvalue weighted by atomic mass is 10.2. The molecular weight excluding hydrogens is 626 g/mol. The molecule has 0 spiro atoms. The van der Waals surface area contributed by atoms with Gasteiger partial charge >= 0.3 is 0 Å². The summed E-state index contributed by atoms with van der Waals surface area (Å²) >= 11 is 8.19. The van der Waals surface area contributed by atoms with Crippen LogP contribution in [0.15, 0.2) is 66.4 Å². The molecule has 3 aromatic heterocycles. The highest BCUT2D eigenvalue weighted by Gasteiger charge is 2.33. The predicted octanol–water partition coefficient (Wildman–Crippen LogP) is 4.30. The number of benzene rings is 2. The fourth-order valence-electron chi connectivity index (χ4n) is 4.13. The minimum absolute atomic E-state index is 0.0369. The van der Waals surface area contributed by atoms with Crippen molar-refractivity contribution in [1.82, 2.24) is 19.9 Å². The number of ether oxygens (including phenoxy) is 1. The molecule has 12 nitrogen and oxygen atoms in total. The number of carbonyl (C=O) groups excluding carboxylic acids is 1. The summed E-state index contributed by atoms with van der Waals surface area (Å²) in [5, 5.41) is 9.01. The minimum atomic E-state index is -4.20. The first kappa shape index (κ1) is 29.7. The lowest BCUT2D eigenvalue weighted by Crippen LogP contribution is -2.43. The summed E-state index contributed by atoms with van der Waals surface area (Å²) in [5.41, 5.74) is -0.331. The Morgan fingerprint density at radius 3 is 2.62 bits per heavy atom. The quantitative estimate of drug-likeness (QED) is 0.198. The van der Waals surface area contributed by atoms with Crippen molar-refractivity contribution in [1.29, 1.82) is 0 Å². The van der Waals surface area contributed by atoms with Crippen LogP contribution in [-0.2, 0) is 35.5 Å². The molecule has 0 aliphatic carbocycles. The molecule has 2 aromatic carbocycles. The molecule has 5 rings (SSSR count). The van der Waals surface area contributed by atoms with Crippen molar-refractivity contribution in [2.75, 3.05) is 24.4 Å². The van der Waals surface area contributed by atoms with Crippen LogP contribution in [0.5, 0.6) is 11.5 Å². The van der Waals surface area contributed by atoms with Gasteiger partial charge in [0, 0.05) is 41.3 Å². The van der Waals surface area contributed by atoms with E-state index in [0.717, 1.165) is 10.1 Å². The molecule has 42 heavy (non-hydrogen) atoms. The first-order chi connectivity index (χ1) is 19.9. The van der Waals surface area contributed by atoms with Crippen molar-refractivity contribution < 1.29 is 30.6 Å². The molecule has 16 heteroatoms. The number of thiophene rings is 1. The number of aromatic nitrogens is 3. The van der Waals surface area contributed by atoms with Crippen molar-refractivity contribution in [3.8, 4) is 11.5 Å². The van der Waals surface area contributed by atoms with Crippen molar-refractivity contribution >= 4 is 81.4 Å². The van der Waals surface area contributed by atoms with E-state index in [4.69, 9.17) is 16.3 Å². The number of anilines is 2. The summed E-state index contributed by atoms with van der Waals surface area (Å²) in [6.45, 7) is 0.152. The third-order valence-electron chi connectivity index (χ3n) is 5.94. The number of nitrogens with zero attached hydrogens (tertiary/aromatic N) is 3. The number of rotatable bonds is 11. The molecule has 0 aliphatic rings. The van der Waals surface area contributed by atoms with Crippen LogP contribution in [-0.4, -0.2) is 61.8 Å². The maximum atomic E-state index is 12.4. The molecule has 0 saturated heterocycles. The number of sulfone groups is 1. The molecule has 0 aliphatic heterocycles. The topological polar surface area (TPSA) is 159 Å². The molecule has 1 atom stereocenters. The highest BCUT2D eigenvalue weighted by molar-refractivity contribution is 7.93. The normalized spacial score (nSPS) is 12.8. The molecule has 1 amide bonds. The fourth-order valence-corrected chi connectivity index (χ4v) is 7.03. The molecular formula is C26H24ClN5O7S3. The van der Waals surface area contributed by atoms with Gasteiger partial charge in [-0.1, -0.05) is 17.7 Å². The zero-order valence-electron chi connectivity index (χ0n) is 22.1. The van der Waals surface area contributed by atoms with Gasteiger partial charge in [0.05, 0.1) is 16.8 Å². The molecule has 0 saturated carbocycles. The van der Waals surface area contributed by atoms with Gasteiger partial charge in [-0.3, -0.25) is 4.79 Å². The third kappa shape index (κ3) is 6.82. The van der Waals surface area contributed by atoms with Crippen LogP contribution in [0, 0.1) is 0 Å². The molecule has 0 bridgehead atoms. The lowest BCUT2D eigenvalue weighted by molar-refractivity contribution is -0.124. The summed E-state index contributed by atoms with van der Waals surface area (Å²) < 4.78 is 60.2. The van der Waals surface area contributed by atoms with E-state index in [1.165, 1.54) is 6.33 Å². The summed E-state index contributed by atoms with van der Waals surface area (Å²) in [6.07, 6.45) is 4.51. The maximum absolute atomic E-state index is 12.4. The zero-order chi connectivity index (χ0) is 30.1. The van der Waals surface area contributed by atoms with Crippen LogP contribution < -0.4 is 15.4 Å². The van der Waals surface area contributed by atoms with Gasteiger partial charge in [-0.2, -0.15) is 8.42 Å². The smallest absolute Gasteiger partial charge is 0.266 e. The standard InChI is InChI=1S/C26H24ClN5O7S3/c1-41(34,35)26(39-42(2,36)37)25(33)28-10-12-32-11-8-19-23(32)24(30-15-29-19)31-16-6-7-21(18(27)14-16)38-20-4-3-5-22-17(20)9-13-40-22/h3-9,11,13-15,26H,10,12H2,1-2H3,(H,28,33)(H,29,30,31). The average molecular weight is 650 g/mol. The number of amides is 1. The van der Waals surface area contributed by atoms with Crippen molar-refractivity contribution in [2.24, 2.45) is 0 Å². The number of fused-ring (bicyclic) bond motifs is 2. The van der Waals surface area contributed by atoms with Crippen LogP contribution in [0.2, 0.25) is 5.02 Å². The van der Waals surface area contributed by atoms with Gasteiger partial charge in [-0.25, -0.2) is 22.6 Å². The van der Waals surface area contributed by atoms with Gasteiger partial charge in [0.15, 0.2) is 15.7 Å². The van der Waals surface area contributed by atoms with Gasteiger partial charge in [0.1, 0.15) is 23.3 Å².